The normalized spacial score (nSPS) is 12.2. The standard InChI is InChI=1S/C39H53N7O7/c1-26(2)33(40)35(48)44-32(13-10-22-42-36(41)49)34(47)43-31-20-14-27(15-21-31)25-52-37(50)45(5)23-24-46(6)38(51)53-39(3,4)30-18-16-29(17-19-30)28-11-8-7-9-12-28/h7-9,11-12,14-21,26,32-33H,10,13,22-25,40H2,1-6H3,(H,43,47)(H,44,48)(H3,41,42,49). The average Bonchev–Trinajstić information content (AvgIpc) is 3.14. The van der Waals surface area contributed by atoms with Crippen LogP contribution in [0.3, 0.4) is 0 Å². The predicted molar refractivity (Wildman–Crippen MR) is 203 cm³/mol. The lowest BCUT2D eigenvalue weighted by Gasteiger charge is -2.29. The Bertz CT molecular complexity index is 1670. The zero-order valence-corrected chi connectivity index (χ0v) is 31.4. The van der Waals surface area contributed by atoms with Crippen LogP contribution in [-0.4, -0.2) is 85.6 Å². The molecule has 6 amide bonds. The second-order valence-electron chi connectivity index (χ2n) is 13.7. The van der Waals surface area contributed by atoms with Crippen molar-refractivity contribution in [2.75, 3.05) is 39.0 Å². The van der Waals surface area contributed by atoms with Gasteiger partial charge in [0, 0.05) is 39.4 Å². The highest BCUT2D eigenvalue weighted by Gasteiger charge is 2.28. The zero-order valence-electron chi connectivity index (χ0n) is 31.4. The fourth-order valence-corrected chi connectivity index (χ4v) is 5.06. The average molecular weight is 732 g/mol. The molecule has 3 rings (SSSR count). The van der Waals surface area contributed by atoms with Crippen LogP contribution in [0.5, 0.6) is 0 Å². The summed E-state index contributed by atoms with van der Waals surface area (Å²) in [5.41, 5.74) is 14.3. The molecule has 0 aliphatic rings. The summed E-state index contributed by atoms with van der Waals surface area (Å²) >= 11 is 0. The van der Waals surface area contributed by atoms with E-state index in [-0.39, 0.29) is 38.6 Å². The summed E-state index contributed by atoms with van der Waals surface area (Å²) in [5.74, 6) is -1.04. The fraction of sp³-hybridized carbons (Fsp3) is 0.410. The summed E-state index contributed by atoms with van der Waals surface area (Å²) in [7, 11) is 3.18. The second-order valence-corrected chi connectivity index (χ2v) is 13.7. The van der Waals surface area contributed by atoms with Crippen LogP contribution in [0.15, 0.2) is 78.9 Å². The van der Waals surface area contributed by atoms with Gasteiger partial charge < -0.3 is 46.7 Å². The second kappa shape index (κ2) is 19.8. The van der Waals surface area contributed by atoms with Gasteiger partial charge in [0.2, 0.25) is 11.8 Å². The Morgan fingerprint density at radius 1 is 0.792 bits per heavy atom. The van der Waals surface area contributed by atoms with Gasteiger partial charge in [-0.2, -0.15) is 0 Å². The molecule has 286 valence electrons. The molecule has 14 heteroatoms. The molecule has 0 fully saturated rings. The molecular weight excluding hydrogens is 678 g/mol. The molecule has 0 radical (unpaired) electrons. The predicted octanol–water partition coefficient (Wildman–Crippen LogP) is 4.78. The molecule has 14 nitrogen and oxygen atoms in total. The van der Waals surface area contributed by atoms with Crippen molar-refractivity contribution >= 4 is 35.7 Å². The molecule has 2 unspecified atom stereocenters. The van der Waals surface area contributed by atoms with Crippen LogP contribution in [0.25, 0.3) is 11.1 Å². The van der Waals surface area contributed by atoms with Gasteiger partial charge in [-0.25, -0.2) is 14.4 Å². The third-order valence-electron chi connectivity index (χ3n) is 8.63. The number of nitrogens with zero attached hydrogens (tertiary/aromatic N) is 2. The first-order valence-corrected chi connectivity index (χ1v) is 17.5. The van der Waals surface area contributed by atoms with Crippen molar-refractivity contribution in [3.05, 3.63) is 90.0 Å². The third-order valence-corrected chi connectivity index (χ3v) is 8.63. The number of nitrogens with two attached hydrogens (primary N) is 2. The molecule has 3 aromatic carbocycles. The minimum atomic E-state index is -0.900. The molecule has 0 saturated carbocycles. The van der Waals surface area contributed by atoms with Crippen molar-refractivity contribution in [3.8, 4) is 11.1 Å². The van der Waals surface area contributed by atoms with E-state index < -0.39 is 47.7 Å². The fourth-order valence-electron chi connectivity index (χ4n) is 5.06. The Hall–Kier alpha value is -5.63. The van der Waals surface area contributed by atoms with E-state index in [0.29, 0.717) is 17.7 Å². The van der Waals surface area contributed by atoms with Crippen LogP contribution in [0.2, 0.25) is 0 Å². The van der Waals surface area contributed by atoms with Crippen molar-refractivity contribution in [2.45, 2.75) is 64.8 Å². The zero-order chi connectivity index (χ0) is 39.1. The number of amides is 6. The van der Waals surface area contributed by atoms with Crippen LogP contribution in [0.4, 0.5) is 20.1 Å². The minimum absolute atomic E-state index is 0.0227. The Balaban J connectivity index is 1.45. The number of anilines is 1. The van der Waals surface area contributed by atoms with Gasteiger partial charge in [-0.05, 0) is 67.0 Å². The lowest BCUT2D eigenvalue weighted by molar-refractivity contribution is -0.128. The molecule has 0 aliphatic heterocycles. The topological polar surface area (TPSA) is 198 Å². The number of carbonyl (C=O) groups excluding carboxylic acids is 5. The van der Waals surface area contributed by atoms with Crippen LogP contribution in [-0.2, 0) is 31.3 Å². The number of hydrogen-bond donors (Lipinski definition) is 5. The first-order valence-electron chi connectivity index (χ1n) is 17.5. The number of urea groups is 1. The van der Waals surface area contributed by atoms with E-state index in [0.717, 1.165) is 16.7 Å². The van der Waals surface area contributed by atoms with Gasteiger partial charge in [-0.3, -0.25) is 9.59 Å². The lowest BCUT2D eigenvalue weighted by atomic mass is 9.95. The minimum Gasteiger partial charge on any atom is -0.445 e. The van der Waals surface area contributed by atoms with E-state index in [1.54, 1.807) is 52.2 Å². The van der Waals surface area contributed by atoms with E-state index in [1.807, 2.05) is 68.4 Å². The molecule has 0 spiro atoms. The van der Waals surface area contributed by atoms with Crippen molar-refractivity contribution in [2.24, 2.45) is 17.4 Å². The largest absolute Gasteiger partial charge is 0.445 e. The molecule has 0 aliphatic carbocycles. The molecule has 2 atom stereocenters. The van der Waals surface area contributed by atoms with Gasteiger partial charge in [0.25, 0.3) is 0 Å². The summed E-state index contributed by atoms with van der Waals surface area (Å²) in [6, 6.07) is 22.2. The number of ether oxygens (including phenoxy) is 2. The first kappa shape index (κ1) is 41.8. The maximum absolute atomic E-state index is 13.1. The highest BCUT2D eigenvalue weighted by molar-refractivity contribution is 5.97. The molecule has 0 saturated heterocycles. The van der Waals surface area contributed by atoms with Crippen LogP contribution in [0.1, 0.15) is 51.7 Å². The smallest absolute Gasteiger partial charge is 0.410 e. The highest BCUT2D eigenvalue weighted by Crippen LogP contribution is 2.28. The van der Waals surface area contributed by atoms with Gasteiger partial charge >= 0.3 is 18.2 Å². The monoisotopic (exact) mass is 731 g/mol. The molecule has 0 aromatic heterocycles. The van der Waals surface area contributed by atoms with Gasteiger partial charge in [-0.1, -0.05) is 80.6 Å². The van der Waals surface area contributed by atoms with Crippen molar-refractivity contribution in [3.63, 3.8) is 0 Å². The van der Waals surface area contributed by atoms with E-state index in [1.165, 1.54) is 9.80 Å². The number of hydrogen-bond acceptors (Lipinski definition) is 8. The van der Waals surface area contributed by atoms with Crippen LogP contribution in [0, 0.1) is 5.92 Å². The Morgan fingerprint density at radius 2 is 1.38 bits per heavy atom. The van der Waals surface area contributed by atoms with Crippen molar-refractivity contribution < 1.29 is 33.4 Å². The quantitative estimate of drug-likeness (QED) is 0.122. The third kappa shape index (κ3) is 13.5. The maximum Gasteiger partial charge on any atom is 0.410 e. The molecule has 7 N–H and O–H groups in total. The van der Waals surface area contributed by atoms with Gasteiger partial charge in [0.15, 0.2) is 0 Å². The van der Waals surface area contributed by atoms with Crippen molar-refractivity contribution in [1.29, 1.82) is 0 Å². The van der Waals surface area contributed by atoms with E-state index in [2.05, 4.69) is 16.0 Å². The summed E-state index contributed by atoms with van der Waals surface area (Å²) in [4.78, 5) is 65.1. The first-order chi connectivity index (χ1) is 25.1. The number of benzene rings is 3. The number of nitrogens with one attached hydrogen (secondary N) is 3. The summed E-state index contributed by atoms with van der Waals surface area (Å²) in [6.45, 7) is 7.91. The van der Waals surface area contributed by atoms with Gasteiger partial charge in [0.05, 0.1) is 6.04 Å². The molecule has 53 heavy (non-hydrogen) atoms. The molecule has 3 aromatic rings. The molecule has 0 bridgehead atoms. The number of rotatable bonds is 17. The molecular formula is C39H53N7O7. The Morgan fingerprint density at radius 3 is 1.96 bits per heavy atom. The van der Waals surface area contributed by atoms with Gasteiger partial charge in [-0.15, -0.1) is 0 Å². The number of carbonyl (C=O) groups is 5. The Kier molecular flexibility index (Phi) is 15.6. The van der Waals surface area contributed by atoms with Gasteiger partial charge in [0.1, 0.15) is 18.2 Å². The summed E-state index contributed by atoms with van der Waals surface area (Å²) in [5, 5.41) is 7.94. The lowest BCUT2D eigenvalue weighted by Crippen LogP contribution is -2.51. The number of primary amides is 1. The summed E-state index contributed by atoms with van der Waals surface area (Å²) in [6.07, 6.45) is -0.472. The van der Waals surface area contributed by atoms with E-state index in [9.17, 15) is 24.0 Å². The summed E-state index contributed by atoms with van der Waals surface area (Å²) < 4.78 is 11.3. The maximum atomic E-state index is 13.1. The Labute approximate surface area is 311 Å². The van der Waals surface area contributed by atoms with Crippen molar-refractivity contribution in [1.82, 2.24) is 20.4 Å². The van der Waals surface area contributed by atoms with Crippen LogP contribution >= 0.6 is 0 Å². The van der Waals surface area contributed by atoms with Crippen LogP contribution < -0.4 is 27.4 Å². The van der Waals surface area contributed by atoms with E-state index >= 15 is 0 Å². The SMILES string of the molecule is CC(C)C(N)C(=O)NC(CCCNC(N)=O)C(=O)Nc1ccc(COC(=O)N(C)CCN(C)C(=O)OC(C)(C)c2ccc(-c3ccccc3)cc2)cc1. The molecule has 0 heterocycles. The highest BCUT2D eigenvalue weighted by atomic mass is 16.6. The van der Waals surface area contributed by atoms with E-state index in [4.69, 9.17) is 20.9 Å². The number of likely N-dealkylation sites (N-methyl/N-ethyl adjacent to an activating group) is 2.